The van der Waals surface area contributed by atoms with Gasteiger partial charge in [-0.15, -0.1) is 0 Å². The molecule has 5 nitrogen and oxygen atoms in total. The van der Waals surface area contributed by atoms with E-state index in [1.165, 1.54) is 4.90 Å². The van der Waals surface area contributed by atoms with Gasteiger partial charge in [0, 0.05) is 27.9 Å². The first-order valence-electron chi connectivity index (χ1n) is 11.4. The normalized spacial score (nSPS) is 45.0. The van der Waals surface area contributed by atoms with Gasteiger partial charge in [0.25, 0.3) is 5.91 Å². The predicted octanol–water partition coefficient (Wildman–Crippen LogP) is 3.06. The molecule has 4 aliphatic carbocycles. The number of amides is 2. The number of benzene rings is 1. The van der Waals surface area contributed by atoms with Crippen molar-refractivity contribution in [2.24, 2.45) is 34.5 Å². The average Bonchev–Trinajstić information content (AvgIpc) is 3.49. The summed E-state index contributed by atoms with van der Waals surface area (Å²) >= 11 is 0. The molecule has 0 radical (unpaired) electrons. The van der Waals surface area contributed by atoms with Gasteiger partial charge in [-0.3, -0.25) is 13.8 Å². The first-order chi connectivity index (χ1) is 14.7. The van der Waals surface area contributed by atoms with Crippen molar-refractivity contribution in [1.29, 1.82) is 0 Å². The van der Waals surface area contributed by atoms with Crippen LogP contribution in [0.3, 0.4) is 0 Å². The zero-order chi connectivity index (χ0) is 21.8. The van der Waals surface area contributed by atoms with Crippen molar-refractivity contribution in [3.05, 3.63) is 42.5 Å². The molecule has 1 aromatic rings. The topological polar surface area (TPSA) is 74.7 Å². The molecule has 1 unspecified atom stereocenters. The van der Waals surface area contributed by atoms with Gasteiger partial charge in [0.1, 0.15) is 4.75 Å². The number of hydrogen-bond acceptors (Lipinski definition) is 4. The van der Waals surface area contributed by atoms with E-state index in [1.54, 1.807) is 12.1 Å². The summed E-state index contributed by atoms with van der Waals surface area (Å²) in [5.41, 5.74) is -0.00782. The molecule has 5 aliphatic rings. The molecule has 3 saturated carbocycles. The highest BCUT2D eigenvalue weighted by molar-refractivity contribution is 7.87. The van der Waals surface area contributed by atoms with Gasteiger partial charge in [-0.25, -0.2) is 4.90 Å². The number of nitrogens with zero attached hydrogens (tertiary/aromatic N) is 1. The van der Waals surface area contributed by atoms with Crippen LogP contribution in [0.1, 0.15) is 39.5 Å². The number of hydrogen-bond donors (Lipinski definition) is 1. The maximum absolute atomic E-state index is 14.3. The number of carbonyl (C=O) groups excluding carboxylic acids is 2. The van der Waals surface area contributed by atoms with Gasteiger partial charge in [-0.1, -0.05) is 44.2 Å². The second-order valence-electron chi connectivity index (χ2n) is 10.8. The number of anilines is 1. The molecule has 1 heterocycles. The van der Waals surface area contributed by atoms with Gasteiger partial charge in [-0.2, -0.15) is 0 Å². The number of aliphatic hydroxyl groups excluding tert-OH is 1. The van der Waals surface area contributed by atoms with Gasteiger partial charge in [0.2, 0.25) is 5.91 Å². The van der Waals surface area contributed by atoms with E-state index in [2.05, 4.69) is 13.8 Å². The highest BCUT2D eigenvalue weighted by atomic mass is 32.2. The van der Waals surface area contributed by atoms with Gasteiger partial charge >= 0.3 is 0 Å². The van der Waals surface area contributed by atoms with Crippen molar-refractivity contribution in [2.45, 2.75) is 50.4 Å². The van der Waals surface area contributed by atoms with E-state index in [9.17, 15) is 18.9 Å². The Balaban J connectivity index is 1.44. The number of para-hydroxylation sites is 1. The summed E-state index contributed by atoms with van der Waals surface area (Å²) in [7, 11) is -1.56. The van der Waals surface area contributed by atoms with E-state index in [0.29, 0.717) is 17.4 Å². The van der Waals surface area contributed by atoms with Crippen LogP contribution in [0, 0.1) is 34.5 Å². The lowest BCUT2D eigenvalue weighted by atomic mass is 9.70. The maximum Gasteiger partial charge on any atom is 0.254 e. The molecule has 1 aliphatic heterocycles. The molecule has 1 saturated heterocycles. The molecule has 2 amide bonds. The third-order valence-electron chi connectivity index (χ3n) is 9.75. The Morgan fingerprint density at radius 2 is 1.87 bits per heavy atom. The number of allylic oxidation sites excluding steroid dienone is 2. The van der Waals surface area contributed by atoms with E-state index in [-0.39, 0.29) is 29.1 Å². The zero-order valence-corrected chi connectivity index (χ0v) is 18.8. The highest BCUT2D eigenvalue weighted by Gasteiger charge is 2.74. The predicted molar refractivity (Wildman–Crippen MR) is 118 cm³/mol. The molecule has 6 heteroatoms. The molecule has 1 aromatic carbocycles. The van der Waals surface area contributed by atoms with Crippen molar-refractivity contribution in [3.8, 4) is 0 Å². The quantitative estimate of drug-likeness (QED) is 0.578. The summed E-state index contributed by atoms with van der Waals surface area (Å²) in [4.78, 5) is 28.8. The summed E-state index contributed by atoms with van der Waals surface area (Å²) in [5.74, 6) is -0.569. The van der Waals surface area contributed by atoms with Crippen LogP contribution >= 0.6 is 0 Å². The van der Waals surface area contributed by atoms with Crippen LogP contribution in [-0.4, -0.2) is 37.7 Å². The molecular formula is C25H29NO4S. The lowest BCUT2D eigenvalue weighted by Gasteiger charge is -2.43. The minimum atomic E-state index is -1.56. The second-order valence-corrected chi connectivity index (χ2v) is 12.5. The standard InChI is InChI=1S/C25H29NO4S/c1-23(2)16-10-11-24(23,19(27)13-16)14-31(30)25-17-9-8-15(12-17)20(25)21(28)26(22(25)29)18-6-4-3-5-7-18/h3-9,15-17,19-20,27H,10-14H2,1-2H3/t15-,16+,17+,19+,20-,24+,25+,31?/m0/s1. The molecule has 4 bridgehead atoms. The van der Waals surface area contributed by atoms with Crippen LogP contribution in [0.15, 0.2) is 42.5 Å². The maximum atomic E-state index is 14.3. The fourth-order valence-corrected chi connectivity index (χ4v) is 10.6. The Labute approximate surface area is 185 Å². The van der Waals surface area contributed by atoms with Crippen molar-refractivity contribution < 1.29 is 18.9 Å². The molecule has 164 valence electrons. The van der Waals surface area contributed by atoms with Gasteiger partial charge in [-0.05, 0) is 55.1 Å². The first kappa shape index (κ1) is 19.9. The fourth-order valence-electron chi connectivity index (χ4n) is 7.88. The highest BCUT2D eigenvalue weighted by Crippen LogP contribution is 2.67. The number of rotatable bonds is 4. The van der Waals surface area contributed by atoms with Crippen molar-refractivity contribution >= 4 is 28.3 Å². The second kappa shape index (κ2) is 6.16. The summed E-state index contributed by atoms with van der Waals surface area (Å²) in [5, 5.41) is 11.0. The minimum absolute atomic E-state index is 0.0329. The van der Waals surface area contributed by atoms with Crippen LogP contribution in [-0.2, 0) is 20.4 Å². The summed E-state index contributed by atoms with van der Waals surface area (Å²) in [6, 6.07) is 9.03. The number of carbonyl (C=O) groups is 2. The molecule has 0 aromatic heterocycles. The average molecular weight is 440 g/mol. The number of aliphatic hydroxyl groups is 1. The van der Waals surface area contributed by atoms with E-state index in [0.717, 1.165) is 25.7 Å². The van der Waals surface area contributed by atoms with Crippen LogP contribution in [0.2, 0.25) is 0 Å². The van der Waals surface area contributed by atoms with Crippen LogP contribution in [0.5, 0.6) is 0 Å². The Bertz CT molecular complexity index is 1040. The molecule has 1 N–H and O–H groups in total. The van der Waals surface area contributed by atoms with Crippen LogP contribution < -0.4 is 4.90 Å². The largest absolute Gasteiger partial charge is 0.392 e. The summed E-state index contributed by atoms with van der Waals surface area (Å²) in [6.45, 7) is 4.37. The Hall–Kier alpha value is -1.79. The Morgan fingerprint density at radius 3 is 2.52 bits per heavy atom. The molecule has 31 heavy (non-hydrogen) atoms. The third-order valence-corrected chi connectivity index (χ3v) is 12.0. The van der Waals surface area contributed by atoms with E-state index >= 15 is 0 Å². The summed E-state index contributed by atoms with van der Waals surface area (Å²) < 4.78 is 13.1. The summed E-state index contributed by atoms with van der Waals surface area (Å²) in [6.07, 6.45) is 6.91. The van der Waals surface area contributed by atoms with Crippen LogP contribution in [0.25, 0.3) is 0 Å². The SMILES string of the molecule is CC1(C)[C@@H]2CC[C@@]1(CS(=O)[C@@]13C(=O)N(c4ccccc4)C(=O)[C@@H]1[C@H]1C=C[C@@H]3C1)[C@H](O)C2. The van der Waals surface area contributed by atoms with Crippen molar-refractivity contribution in [2.75, 3.05) is 10.7 Å². The molecular weight excluding hydrogens is 410 g/mol. The minimum Gasteiger partial charge on any atom is -0.392 e. The van der Waals surface area contributed by atoms with Crippen molar-refractivity contribution in [3.63, 3.8) is 0 Å². The fraction of sp³-hybridized carbons (Fsp3) is 0.600. The van der Waals surface area contributed by atoms with E-state index < -0.39 is 33.0 Å². The lowest BCUT2D eigenvalue weighted by molar-refractivity contribution is -0.123. The monoisotopic (exact) mass is 439 g/mol. The zero-order valence-electron chi connectivity index (χ0n) is 18.0. The van der Waals surface area contributed by atoms with Gasteiger partial charge in [0.05, 0.1) is 17.7 Å². The Morgan fingerprint density at radius 1 is 1.13 bits per heavy atom. The smallest absolute Gasteiger partial charge is 0.254 e. The lowest BCUT2D eigenvalue weighted by Crippen LogP contribution is -2.55. The molecule has 6 rings (SSSR count). The molecule has 0 spiro atoms. The number of fused-ring (bicyclic) bond motifs is 7. The van der Waals surface area contributed by atoms with Gasteiger partial charge < -0.3 is 5.11 Å². The van der Waals surface area contributed by atoms with Crippen molar-refractivity contribution in [1.82, 2.24) is 0 Å². The Kier molecular flexibility index (Phi) is 3.95. The third kappa shape index (κ3) is 2.14. The van der Waals surface area contributed by atoms with Gasteiger partial charge in [0.15, 0.2) is 0 Å². The van der Waals surface area contributed by atoms with E-state index in [4.69, 9.17) is 0 Å². The molecule has 4 fully saturated rings. The molecule has 8 atom stereocenters. The first-order valence-corrected chi connectivity index (χ1v) is 12.8. The van der Waals surface area contributed by atoms with Crippen LogP contribution in [0.4, 0.5) is 5.69 Å². The number of imide groups is 1. The van der Waals surface area contributed by atoms with E-state index in [1.807, 2.05) is 30.4 Å².